The van der Waals surface area contributed by atoms with E-state index in [0.29, 0.717) is 0 Å². The monoisotopic (exact) mass is 1260 g/mol. The zero-order valence-corrected chi connectivity index (χ0v) is 53.6. The van der Waals surface area contributed by atoms with Gasteiger partial charge in [0.1, 0.15) is 0 Å². The van der Waals surface area contributed by atoms with Crippen molar-refractivity contribution in [2.24, 2.45) is 0 Å². The Morgan fingerprint density at radius 1 is 0.146 bits per heavy atom. The van der Waals surface area contributed by atoms with E-state index in [2.05, 4.69) is 358 Å². The van der Waals surface area contributed by atoms with E-state index in [9.17, 15) is 0 Å². The van der Waals surface area contributed by atoms with E-state index in [0.717, 1.165) is 0 Å². The first-order valence-corrected chi connectivity index (χ1v) is 34.4. The summed E-state index contributed by atoms with van der Waals surface area (Å²) in [5.74, 6) is 0. The smallest absolute Gasteiger partial charge is 0.0541 e. The summed E-state index contributed by atoms with van der Waals surface area (Å²) in [6.45, 7) is 0. The predicted molar refractivity (Wildman–Crippen MR) is 412 cm³/mol. The van der Waals surface area contributed by atoms with Crippen LogP contribution in [0.3, 0.4) is 0 Å². The van der Waals surface area contributed by atoms with Crippen molar-refractivity contribution >= 4 is 150 Å². The quantitative estimate of drug-likeness (QED) is 0.152. The van der Waals surface area contributed by atoms with Gasteiger partial charge in [0.2, 0.25) is 0 Å². The first-order valence-electron chi connectivity index (χ1n) is 32.8. The molecule has 0 N–H and O–H groups in total. The van der Waals surface area contributed by atoms with Gasteiger partial charge in [0, 0.05) is 106 Å². The van der Waals surface area contributed by atoms with Crippen molar-refractivity contribution in [1.29, 1.82) is 0 Å². The Morgan fingerprint density at radius 2 is 0.406 bits per heavy atom. The van der Waals surface area contributed by atoms with Crippen molar-refractivity contribution in [3.05, 3.63) is 340 Å². The van der Waals surface area contributed by atoms with Crippen LogP contribution in [-0.4, -0.2) is 18.3 Å². The van der Waals surface area contributed by atoms with Crippen LogP contribution in [0.15, 0.2) is 340 Å². The van der Waals surface area contributed by atoms with Gasteiger partial charge in [-0.1, -0.05) is 188 Å². The molecule has 0 fully saturated rings. The van der Waals surface area contributed by atoms with Crippen LogP contribution < -0.4 is 0 Å². The summed E-state index contributed by atoms with van der Waals surface area (Å²) in [5.41, 5.74) is 21.9. The summed E-state index contributed by atoms with van der Waals surface area (Å²) < 4.78 is 14.9. The summed E-state index contributed by atoms with van der Waals surface area (Å²) in [5, 5.41) is 15.4. The molecule has 0 saturated carbocycles. The molecule has 21 aromatic rings. The van der Waals surface area contributed by atoms with Crippen LogP contribution in [0.5, 0.6) is 0 Å². The summed E-state index contributed by atoms with van der Waals surface area (Å²) >= 11 is 3.73. The Bertz CT molecular complexity index is 6700. The number of hydrogen-bond acceptors (Lipinski definition) is 2. The van der Waals surface area contributed by atoms with Crippen LogP contribution in [-0.2, 0) is 0 Å². The zero-order valence-electron chi connectivity index (χ0n) is 51.9. The number of thiophene rings is 2. The van der Waals surface area contributed by atoms with Gasteiger partial charge in [0.05, 0.1) is 44.1 Å². The van der Waals surface area contributed by atoms with E-state index in [-0.39, 0.29) is 0 Å². The normalized spacial score (nSPS) is 12.0. The lowest BCUT2D eigenvalue weighted by Gasteiger charge is -2.10. The van der Waals surface area contributed by atoms with Gasteiger partial charge < -0.3 is 18.3 Å². The molecule has 448 valence electrons. The van der Waals surface area contributed by atoms with Crippen molar-refractivity contribution < 1.29 is 0 Å². The molecule has 6 aromatic heterocycles. The van der Waals surface area contributed by atoms with E-state index >= 15 is 0 Å². The molecule has 0 amide bonds. The third-order valence-corrected chi connectivity index (χ3v) is 22.1. The number of benzene rings is 15. The van der Waals surface area contributed by atoms with Gasteiger partial charge in [-0.2, -0.15) is 0 Å². The Morgan fingerprint density at radius 3 is 0.812 bits per heavy atom. The van der Waals surface area contributed by atoms with Crippen molar-refractivity contribution in [2.75, 3.05) is 0 Å². The Labute approximate surface area is 560 Å². The highest BCUT2D eigenvalue weighted by molar-refractivity contribution is 7.26. The predicted octanol–water partition coefficient (Wildman–Crippen LogP) is 25.5. The topological polar surface area (TPSA) is 19.7 Å². The number of hydrogen-bond donors (Lipinski definition) is 0. The maximum Gasteiger partial charge on any atom is 0.0541 e. The van der Waals surface area contributed by atoms with Gasteiger partial charge in [0.25, 0.3) is 0 Å². The molecule has 6 heteroatoms. The molecule has 0 aliphatic heterocycles. The average molecular weight is 1260 g/mol. The van der Waals surface area contributed by atoms with Gasteiger partial charge in [-0.15, -0.1) is 22.7 Å². The highest BCUT2D eigenvalue weighted by atomic mass is 32.1. The molecular formula is C90H56N4S2. The van der Waals surface area contributed by atoms with Crippen LogP contribution >= 0.6 is 22.7 Å². The Kier molecular flexibility index (Phi) is 12.4. The highest BCUT2D eigenvalue weighted by Crippen LogP contribution is 2.44. The summed E-state index contributed by atoms with van der Waals surface area (Å²) in [7, 11) is 0. The second-order valence-corrected chi connectivity index (χ2v) is 27.3. The molecule has 0 atom stereocenters. The van der Waals surface area contributed by atoms with Crippen LogP contribution in [0.4, 0.5) is 0 Å². The van der Waals surface area contributed by atoms with E-state index < -0.39 is 0 Å². The maximum atomic E-state index is 2.44. The van der Waals surface area contributed by atoms with Crippen molar-refractivity contribution in [3.63, 3.8) is 0 Å². The second kappa shape index (κ2) is 21.8. The largest absolute Gasteiger partial charge is 0.309 e. The SMILES string of the molecule is c1ccc(-c2ccc3sc4ccc(-n5c6ccccc6c6cc(-c7ccc8c(c7)c7ccccc7n8-c7ccccc7)ccc65)cc4c3c2)cc1.c1ccc(-n2c3ccccc3c3cc(-c4ccc5c(c4)c4ccccc4n5-c4ccc5sc6ccccc6c5c4)ccc32)cc1. The molecule has 0 unspecified atom stereocenters. The number of fused-ring (bicyclic) bond motifs is 18. The highest BCUT2D eigenvalue weighted by Gasteiger charge is 2.20. The summed E-state index contributed by atoms with van der Waals surface area (Å²) in [6, 6.07) is 124. The lowest BCUT2D eigenvalue weighted by atomic mass is 10.0. The third kappa shape index (κ3) is 8.59. The molecule has 0 saturated heterocycles. The van der Waals surface area contributed by atoms with Gasteiger partial charge in [-0.3, -0.25) is 0 Å². The zero-order chi connectivity index (χ0) is 63.0. The Balaban J connectivity index is 0.000000132. The van der Waals surface area contributed by atoms with E-state index in [1.54, 1.807) is 0 Å². The van der Waals surface area contributed by atoms with Crippen molar-refractivity contribution in [1.82, 2.24) is 18.3 Å². The average Bonchev–Trinajstić information content (AvgIpc) is 1.59. The minimum atomic E-state index is 1.18. The molecule has 21 rings (SSSR count). The number of para-hydroxylation sites is 6. The molecule has 6 heterocycles. The van der Waals surface area contributed by atoms with Crippen LogP contribution in [0.25, 0.3) is 184 Å². The van der Waals surface area contributed by atoms with Gasteiger partial charge in [0.15, 0.2) is 0 Å². The van der Waals surface area contributed by atoms with Crippen LogP contribution in [0.2, 0.25) is 0 Å². The van der Waals surface area contributed by atoms with Crippen LogP contribution in [0.1, 0.15) is 0 Å². The van der Waals surface area contributed by atoms with Gasteiger partial charge >= 0.3 is 0 Å². The first-order chi connectivity index (χ1) is 47.6. The van der Waals surface area contributed by atoms with Gasteiger partial charge in [-0.05, 0) is 185 Å². The number of nitrogens with zero attached hydrogens (tertiary/aromatic N) is 4. The fourth-order valence-electron chi connectivity index (χ4n) is 15.4. The van der Waals surface area contributed by atoms with E-state index in [4.69, 9.17) is 0 Å². The van der Waals surface area contributed by atoms with Crippen molar-refractivity contribution in [2.45, 2.75) is 0 Å². The van der Waals surface area contributed by atoms with E-state index in [1.807, 2.05) is 22.7 Å². The minimum Gasteiger partial charge on any atom is -0.309 e. The van der Waals surface area contributed by atoms with Crippen LogP contribution in [0, 0.1) is 0 Å². The summed E-state index contributed by atoms with van der Waals surface area (Å²) in [6.07, 6.45) is 0. The number of aromatic nitrogens is 4. The molecule has 0 aliphatic carbocycles. The lowest BCUT2D eigenvalue weighted by molar-refractivity contribution is 1.18. The lowest BCUT2D eigenvalue weighted by Crippen LogP contribution is -1.93. The molecule has 0 spiro atoms. The molecular weight excluding hydrogens is 1200 g/mol. The summed E-state index contributed by atoms with van der Waals surface area (Å²) in [4.78, 5) is 0. The molecule has 96 heavy (non-hydrogen) atoms. The first kappa shape index (κ1) is 54.5. The maximum absolute atomic E-state index is 2.44. The fraction of sp³-hybridized carbons (Fsp3) is 0. The molecule has 0 radical (unpaired) electrons. The second-order valence-electron chi connectivity index (χ2n) is 25.1. The third-order valence-electron chi connectivity index (χ3n) is 19.8. The van der Waals surface area contributed by atoms with E-state index in [1.165, 1.54) is 184 Å². The fourth-order valence-corrected chi connectivity index (χ4v) is 17.6. The standard InChI is InChI=1S/C48H30N2S.C42H26N2S/c1-3-11-31(12-4-1)32-21-25-47-41(29-32)42-30-36(22-26-48(42)51-47)50-44-18-10-8-16-38(44)40-28-34(20-24-46(40)50)33-19-23-45-39(27-33)37-15-7-9-17-43(37)49(45)35-13-5-2-6-14-35;1-2-10-29(11-3-1)43-37-15-7-4-12-31(37)34-24-27(18-21-39(34)43)28-19-22-40-35(25-28)32-13-5-8-16-38(32)44(40)30-20-23-42-36(26-30)33-14-6-9-17-41(33)45-42/h1-30H;1-26H. The number of rotatable bonds is 7. The minimum absolute atomic E-state index is 1.18. The molecule has 0 aliphatic rings. The molecule has 4 nitrogen and oxygen atoms in total. The molecule has 15 aromatic carbocycles. The van der Waals surface area contributed by atoms with Gasteiger partial charge in [-0.25, -0.2) is 0 Å². The van der Waals surface area contributed by atoms with Crippen molar-refractivity contribution in [3.8, 4) is 56.1 Å². The Hall–Kier alpha value is -12.1. The molecule has 0 bridgehead atoms.